The van der Waals surface area contributed by atoms with E-state index in [1.807, 2.05) is 20.8 Å². The molecule has 0 aliphatic heterocycles. The van der Waals surface area contributed by atoms with Crippen LogP contribution in [0.15, 0.2) is 30.7 Å². The van der Waals surface area contributed by atoms with Gasteiger partial charge in [0.1, 0.15) is 11.2 Å². The number of aromatic nitrogens is 2. The SMILES string of the molecule is CCOC1CC(NC(=O)c2ccc3nccn3c2)(C(=O)O)C1(C)C. The van der Waals surface area contributed by atoms with Crippen LogP contribution in [0.5, 0.6) is 0 Å². The van der Waals surface area contributed by atoms with Crippen molar-refractivity contribution in [3.05, 3.63) is 36.3 Å². The summed E-state index contributed by atoms with van der Waals surface area (Å²) in [5.41, 5.74) is -0.936. The van der Waals surface area contributed by atoms with Gasteiger partial charge in [-0.05, 0) is 19.1 Å². The Labute approximate surface area is 139 Å². The van der Waals surface area contributed by atoms with E-state index in [-0.39, 0.29) is 12.5 Å². The fourth-order valence-electron chi connectivity index (χ4n) is 3.36. The number of carboxylic acid groups (broad SMARTS) is 1. The zero-order valence-electron chi connectivity index (χ0n) is 13.9. The van der Waals surface area contributed by atoms with E-state index in [4.69, 9.17) is 4.74 Å². The number of rotatable bonds is 5. The van der Waals surface area contributed by atoms with Gasteiger partial charge in [0.05, 0.1) is 11.7 Å². The largest absolute Gasteiger partial charge is 0.479 e. The van der Waals surface area contributed by atoms with Crippen molar-refractivity contribution in [1.82, 2.24) is 14.7 Å². The maximum absolute atomic E-state index is 12.6. The molecule has 1 aliphatic carbocycles. The Morgan fingerprint density at radius 3 is 2.83 bits per heavy atom. The van der Waals surface area contributed by atoms with Crippen LogP contribution in [0.4, 0.5) is 0 Å². The van der Waals surface area contributed by atoms with E-state index in [0.717, 1.165) is 5.65 Å². The number of pyridine rings is 1. The van der Waals surface area contributed by atoms with Crippen LogP contribution >= 0.6 is 0 Å². The molecule has 2 aromatic rings. The number of hydrogen-bond donors (Lipinski definition) is 2. The number of carbonyl (C=O) groups excluding carboxylic acids is 1. The van der Waals surface area contributed by atoms with Crippen molar-refractivity contribution in [3.63, 3.8) is 0 Å². The number of ether oxygens (including phenoxy) is 1. The third kappa shape index (κ3) is 2.27. The number of imidazole rings is 1. The molecule has 2 aromatic heterocycles. The fraction of sp³-hybridized carbons (Fsp3) is 0.471. The highest BCUT2D eigenvalue weighted by atomic mass is 16.5. The minimum Gasteiger partial charge on any atom is -0.479 e. The van der Waals surface area contributed by atoms with Crippen LogP contribution in [-0.4, -0.2) is 44.6 Å². The number of carboxylic acids is 1. The molecular weight excluding hydrogens is 310 g/mol. The summed E-state index contributed by atoms with van der Waals surface area (Å²) >= 11 is 0. The molecule has 24 heavy (non-hydrogen) atoms. The molecule has 0 bridgehead atoms. The molecule has 1 amide bonds. The standard InChI is InChI=1S/C17H21N3O4/c1-4-24-12-9-17(15(22)23,16(12,2)3)19-14(21)11-5-6-13-18-7-8-20(13)10-11/h5-8,10,12H,4,9H2,1-3H3,(H,19,21)(H,22,23). The first kappa shape index (κ1) is 16.4. The third-order valence-corrected chi connectivity index (χ3v) is 5.11. The molecule has 2 N–H and O–H groups in total. The van der Waals surface area contributed by atoms with Crippen LogP contribution in [-0.2, 0) is 9.53 Å². The Kier molecular flexibility index (Phi) is 3.83. The molecule has 0 aromatic carbocycles. The summed E-state index contributed by atoms with van der Waals surface area (Å²) < 4.78 is 7.33. The first-order chi connectivity index (χ1) is 11.3. The van der Waals surface area contributed by atoms with Gasteiger partial charge in [-0.25, -0.2) is 9.78 Å². The molecule has 3 rings (SSSR count). The summed E-state index contributed by atoms with van der Waals surface area (Å²) in [6, 6.07) is 3.36. The van der Waals surface area contributed by atoms with Crippen molar-refractivity contribution in [1.29, 1.82) is 0 Å². The second-order valence-corrected chi connectivity index (χ2v) is 6.64. The lowest BCUT2D eigenvalue weighted by Crippen LogP contribution is -2.76. The monoisotopic (exact) mass is 331 g/mol. The van der Waals surface area contributed by atoms with E-state index in [2.05, 4.69) is 10.3 Å². The minimum absolute atomic E-state index is 0.199. The molecule has 1 saturated carbocycles. The van der Waals surface area contributed by atoms with Gasteiger partial charge in [0.15, 0.2) is 0 Å². The molecule has 0 spiro atoms. The van der Waals surface area contributed by atoms with Crippen molar-refractivity contribution >= 4 is 17.5 Å². The highest BCUT2D eigenvalue weighted by molar-refractivity contribution is 5.98. The Hall–Kier alpha value is -2.41. The van der Waals surface area contributed by atoms with E-state index in [1.54, 1.807) is 35.1 Å². The summed E-state index contributed by atoms with van der Waals surface area (Å²) in [4.78, 5) is 28.7. The molecule has 1 aliphatic rings. The van der Waals surface area contributed by atoms with Crippen LogP contribution in [0.25, 0.3) is 5.65 Å². The topological polar surface area (TPSA) is 92.9 Å². The maximum Gasteiger partial charge on any atom is 0.330 e. The van der Waals surface area contributed by atoms with E-state index >= 15 is 0 Å². The molecule has 1 fully saturated rings. The number of aliphatic carboxylic acids is 1. The summed E-state index contributed by atoms with van der Waals surface area (Å²) in [6.07, 6.45) is 5.06. The molecular formula is C17H21N3O4. The molecule has 0 saturated heterocycles. The van der Waals surface area contributed by atoms with Crippen LogP contribution in [0.1, 0.15) is 37.6 Å². The summed E-state index contributed by atoms with van der Waals surface area (Å²) in [7, 11) is 0. The predicted octanol–water partition coefficient (Wildman–Crippen LogP) is 1.72. The minimum atomic E-state index is -1.34. The Balaban J connectivity index is 1.86. The Morgan fingerprint density at radius 1 is 1.46 bits per heavy atom. The highest BCUT2D eigenvalue weighted by Crippen LogP contribution is 2.51. The molecule has 7 nitrogen and oxygen atoms in total. The lowest BCUT2D eigenvalue weighted by atomic mass is 9.54. The first-order valence-corrected chi connectivity index (χ1v) is 7.92. The van der Waals surface area contributed by atoms with Crippen LogP contribution < -0.4 is 5.32 Å². The number of hydrogen-bond acceptors (Lipinski definition) is 4. The van der Waals surface area contributed by atoms with Gasteiger partial charge in [-0.2, -0.15) is 0 Å². The van der Waals surface area contributed by atoms with Crippen molar-refractivity contribution in [2.75, 3.05) is 6.61 Å². The summed E-state index contributed by atoms with van der Waals surface area (Å²) in [6.45, 7) is 6.00. The van der Waals surface area contributed by atoms with Gasteiger partial charge in [-0.1, -0.05) is 13.8 Å². The molecule has 0 radical (unpaired) electrons. The quantitative estimate of drug-likeness (QED) is 0.870. The van der Waals surface area contributed by atoms with E-state index in [0.29, 0.717) is 12.2 Å². The highest BCUT2D eigenvalue weighted by Gasteiger charge is 2.66. The van der Waals surface area contributed by atoms with Gasteiger partial charge in [0, 0.05) is 37.0 Å². The number of nitrogens with zero attached hydrogens (tertiary/aromatic N) is 2. The molecule has 2 heterocycles. The average Bonchev–Trinajstić information content (AvgIpc) is 3.00. The van der Waals surface area contributed by atoms with Gasteiger partial charge >= 0.3 is 5.97 Å². The van der Waals surface area contributed by atoms with Crippen LogP contribution in [0.2, 0.25) is 0 Å². The fourth-order valence-corrected chi connectivity index (χ4v) is 3.36. The van der Waals surface area contributed by atoms with Crippen molar-refractivity contribution in [2.45, 2.75) is 38.8 Å². The van der Waals surface area contributed by atoms with Crippen molar-refractivity contribution < 1.29 is 19.4 Å². The van der Waals surface area contributed by atoms with Gasteiger partial charge in [-0.15, -0.1) is 0 Å². The number of amides is 1. The van der Waals surface area contributed by atoms with Crippen LogP contribution in [0.3, 0.4) is 0 Å². The second kappa shape index (κ2) is 5.59. The van der Waals surface area contributed by atoms with E-state index < -0.39 is 22.8 Å². The Bertz CT molecular complexity index is 798. The molecule has 128 valence electrons. The van der Waals surface area contributed by atoms with Crippen LogP contribution in [0, 0.1) is 5.41 Å². The lowest BCUT2D eigenvalue weighted by molar-refractivity contribution is -0.190. The summed E-state index contributed by atoms with van der Waals surface area (Å²) in [5, 5.41) is 12.5. The zero-order chi connectivity index (χ0) is 17.5. The van der Waals surface area contributed by atoms with Gasteiger partial charge in [0.2, 0.25) is 0 Å². The smallest absolute Gasteiger partial charge is 0.330 e. The number of fused-ring (bicyclic) bond motifs is 1. The van der Waals surface area contributed by atoms with Crippen molar-refractivity contribution in [2.24, 2.45) is 5.41 Å². The lowest BCUT2D eigenvalue weighted by Gasteiger charge is -2.58. The molecule has 7 heteroatoms. The summed E-state index contributed by atoms with van der Waals surface area (Å²) in [5.74, 6) is -1.46. The predicted molar refractivity (Wildman–Crippen MR) is 86.8 cm³/mol. The van der Waals surface area contributed by atoms with Gasteiger partial charge in [-0.3, -0.25) is 4.79 Å². The average molecular weight is 331 g/mol. The van der Waals surface area contributed by atoms with Gasteiger partial charge in [0.25, 0.3) is 5.91 Å². The maximum atomic E-state index is 12.6. The molecule has 2 unspecified atom stereocenters. The number of nitrogens with one attached hydrogen (secondary N) is 1. The zero-order valence-corrected chi connectivity index (χ0v) is 13.9. The van der Waals surface area contributed by atoms with Crippen molar-refractivity contribution in [3.8, 4) is 0 Å². The van der Waals surface area contributed by atoms with E-state index in [1.165, 1.54) is 0 Å². The first-order valence-electron chi connectivity index (χ1n) is 7.92. The molecule has 2 atom stereocenters. The van der Waals surface area contributed by atoms with Gasteiger partial charge < -0.3 is 19.6 Å². The second-order valence-electron chi connectivity index (χ2n) is 6.64. The Morgan fingerprint density at radius 2 is 2.21 bits per heavy atom. The number of carbonyl (C=O) groups is 2. The third-order valence-electron chi connectivity index (χ3n) is 5.11. The normalized spacial score (nSPS) is 25.2. The van der Waals surface area contributed by atoms with E-state index in [9.17, 15) is 14.7 Å².